The van der Waals surface area contributed by atoms with Crippen LogP contribution in [-0.2, 0) is 11.3 Å². The number of piperazine rings is 1. The highest BCUT2D eigenvalue weighted by molar-refractivity contribution is 6.28. The molecule has 4 heterocycles. The molecule has 3 atom stereocenters. The monoisotopic (exact) mass is 580 g/mol. The fraction of sp³-hybridized carbons (Fsp3) is 0.452. The first kappa shape index (κ1) is 28.0. The lowest BCUT2D eigenvalue weighted by Crippen LogP contribution is -2.58. The lowest BCUT2D eigenvalue weighted by Gasteiger charge is -2.49. The van der Waals surface area contributed by atoms with Gasteiger partial charge in [0, 0.05) is 31.8 Å². The van der Waals surface area contributed by atoms with Gasteiger partial charge in [-0.1, -0.05) is 31.2 Å². The molecule has 2 fully saturated rings. The van der Waals surface area contributed by atoms with Crippen LogP contribution in [0.1, 0.15) is 56.1 Å². The van der Waals surface area contributed by atoms with Crippen molar-refractivity contribution in [2.24, 2.45) is 0 Å². The summed E-state index contributed by atoms with van der Waals surface area (Å²) in [6.45, 7) is 9.19. The van der Waals surface area contributed by atoms with Crippen molar-refractivity contribution in [3.05, 3.63) is 82.4 Å². The van der Waals surface area contributed by atoms with Gasteiger partial charge < -0.3 is 14.2 Å². The Labute approximate surface area is 244 Å². The molecule has 2 aliphatic heterocycles. The molecule has 0 amide bonds. The molecule has 216 valence electrons. The number of hydrogen-bond acceptors (Lipinski definition) is 6. The van der Waals surface area contributed by atoms with Gasteiger partial charge in [0.05, 0.1) is 18.7 Å². The summed E-state index contributed by atoms with van der Waals surface area (Å²) in [6.07, 6.45) is 3.10. The number of nitrogens with zero attached hydrogens (tertiary/aromatic N) is 6. The van der Waals surface area contributed by atoms with Crippen molar-refractivity contribution in [1.82, 2.24) is 24.4 Å². The fourth-order valence-corrected chi connectivity index (χ4v) is 6.55. The molecule has 0 spiro atoms. The van der Waals surface area contributed by atoms with Crippen LogP contribution in [0.2, 0.25) is 5.28 Å². The Bertz CT molecular complexity index is 1460. The molecule has 10 heteroatoms. The molecule has 6 rings (SSSR count). The zero-order valence-corrected chi connectivity index (χ0v) is 24.4. The standard InChI is InChI=1S/C31H35ClF2N6O/c1-4-25-17-38(29-27-30(37-31(32)36-29)39(20(3)35-27)18-26-6-5-15-41-26)19(2)16-40(25)28(21-7-11-23(33)12-8-21)22-9-13-24(34)14-10-22/h7-14,19,25-26,28H,4-6,15-18H2,1-3H3/t19-,25+,26-/m0/s1. The minimum atomic E-state index is -0.282. The minimum absolute atomic E-state index is 0.0546. The van der Waals surface area contributed by atoms with Gasteiger partial charge in [0.2, 0.25) is 5.28 Å². The largest absolute Gasteiger partial charge is 0.376 e. The van der Waals surface area contributed by atoms with E-state index in [4.69, 9.17) is 26.3 Å². The maximum absolute atomic E-state index is 13.9. The van der Waals surface area contributed by atoms with Gasteiger partial charge in [0.25, 0.3) is 0 Å². The van der Waals surface area contributed by atoms with Crippen LogP contribution >= 0.6 is 11.6 Å². The van der Waals surface area contributed by atoms with Gasteiger partial charge in [-0.3, -0.25) is 4.90 Å². The van der Waals surface area contributed by atoms with Gasteiger partial charge in [-0.25, -0.2) is 13.8 Å². The Morgan fingerprint density at radius 1 is 0.976 bits per heavy atom. The molecular weight excluding hydrogens is 546 g/mol. The summed E-state index contributed by atoms with van der Waals surface area (Å²) < 4.78 is 35.8. The number of fused-ring (bicyclic) bond motifs is 1. The third kappa shape index (κ3) is 5.55. The second-order valence-corrected chi connectivity index (χ2v) is 11.5. The van der Waals surface area contributed by atoms with E-state index >= 15 is 0 Å². The summed E-state index contributed by atoms with van der Waals surface area (Å²) in [6, 6.07) is 13.3. The molecule has 0 saturated carbocycles. The van der Waals surface area contributed by atoms with Gasteiger partial charge in [0.1, 0.15) is 17.5 Å². The fourth-order valence-electron chi connectivity index (χ4n) is 6.39. The number of halogens is 3. The predicted molar refractivity (Wildman–Crippen MR) is 156 cm³/mol. The van der Waals surface area contributed by atoms with E-state index in [2.05, 4.69) is 33.2 Å². The molecule has 7 nitrogen and oxygen atoms in total. The van der Waals surface area contributed by atoms with Crippen molar-refractivity contribution in [2.75, 3.05) is 24.6 Å². The number of aryl methyl sites for hydroxylation is 1. The number of ether oxygens (including phenoxy) is 1. The molecule has 4 aromatic rings. The van der Waals surface area contributed by atoms with E-state index in [1.165, 1.54) is 24.3 Å². The quantitative estimate of drug-likeness (QED) is 0.238. The molecule has 0 aliphatic carbocycles. The molecule has 0 unspecified atom stereocenters. The second kappa shape index (κ2) is 11.6. The van der Waals surface area contributed by atoms with E-state index in [9.17, 15) is 8.78 Å². The summed E-state index contributed by atoms with van der Waals surface area (Å²) in [5.41, 5.74) is 3.40. The number of aromatic nitrogens is 4. The van der Waals surface area contributed by atoms with E-state index in [-0.39, 0.29) is 41.1 Å². The smallest absolute Gasteiger partial charge is 0.226 e. The van der Waals surface area contributed by atoms with Crippen LogP contribution in [0.4, 0.5) is 14.6 Å². The molecule has 2 aliphatic rings. The number of rotatable bonds is 7. The van der Waals surface area contributed by atoms with E-state index in [0.717, 1.165) is 59.8 Å². The van der Waals surface area contributed by atoms with Crippen molar-refractivity contribution in [3.8, 4) is 0 Å². The average Bonchev–Trinajstić information content (AvgIpc) is 3.59. The Morgan fingerprint density at radius 2 is 1.63 bits per heavy atom. The lowest BCUT2D eigenvalue weighted by atomic mass is 9.92. The van der Waals surface area contributed by atoms with Crippen molar-refractivity contribution in [3.63, 3.8) is 0 Å². The number of imidazole rings is 1. The molecule has 2 aromatic heterocycles. The lowest BCUT2D eigenvalue weighted by molar-refractivity contribution is 0.0973. The van der Waals surface area contributed by atoms with E-state index < -0.39 is 0 Å². The maximum Gasteiger partial charge on any atom is 0.226 e. The SMILES string of the molecule is CC[C@@H]1CN(c2nc(Cl)nc3c2nc(C)n3C[C@@H]2CCCO2)[C@@H](C)CN1C(c1ccc(F)cc1)c1ccc(F)cc1. The van der Waals surface area contributed by atoms with E-state index in [1.54, 1.807) is 0 Å². The highest BCUT2D eigenvalue weighted by atomic mass is 35.5. The van der Waals surface area contributed by atoms with Crippen LogP contribution in [-0.4, -0.2) is 62.3 Å². The van der Waals surface area contributed by atoms with E-state index in [0.29, 0.717) is 19.6 Å². The van der Waals surface area contributed by atoms with Crippen molar-refractivity contribution >= 4 is 28.6 Å². The molecule has 0 radical (unpaired) electrons. The highest BCUT2D eigenvalue weighted by Crippen LogP contribution is 2.37. The van der Waals surface area contributed by atoms with Crippen LogP contribution in [0.3, 0.4) is 0 Å². The van der Waals surface area contributed by atoms with Gasteiger partial charge >= 0.3 is 0 Å². The third-order valence-corrected chi connectivity index (χ3v) is 8.65. The van der Waals surface area contributed by atoms with Crippen LogP contribution in [0, 0.1) is 18.6 Å². The molecule has 0 N–H and O–H groups in total. The average molecular weight is 581 g/mol. The van der Waals surface area contributed by atoms with Crippen LogP contribution in [0.15, 0.2) is 48.5 Å². The highest BCUT2D eigenvalue weighted by Gasteiger charge is 2.38. The maximum atomic E-state index is 13.9. The topological polar surface area (TPSA) is 59.3 Å². The first-order chi connectivity index (χ1) is 19.8. The Kier molecular flexibility index (Phi) is 7.94. The first-order valence-electron chi connectivity index (χ1n) is 14.4. The predicted octanol–water partition coefficient (Wildman–Crippen LogP) is 6.32. The van der Waals surface area contributed by atoms with Crippen molar-refractivity contribution in [1.29, 1.82) is 0 Å². The van der Waals surface area contributed by atoms with Gasteiger partial charge in [-0.05, 0) is 80.1 Å². The number of hydrogen-bond donors (Lipinski definition) is 0. The summed E-state index contributed by atoms with van der Waals surface area (Å²) in [7, 11) is 0. The van der Waals surface area contributed by atoms with Gasteiger partial charge in [-0.15, -0.1) is 0 Å². The summed E-state index contributed by atoms with van der Waals surface area (Å²) in [5, 5.41) is 0.194. The summed E-state index contributed by atoms with van der Waals surface area (Å²) >= 11 is 6.53. The Balaban J connectivity index is 1.36. The van der Waals surface area contributed by atoms with Crippen molar-refractivity contribution in [2.45, 2.75) is 70.8 Å². The summed E-state index contributed by atoms with van der Waals surface area (Å²) in [4.78, 5) is 19.0. The summed E-state index contributed by atoms with van der Waals surface area (Å²) in [5.74, 6) is 1.03. The molecule has 2 saturated heterocycles. The molecule has 41 heavy (non-hydrogen) atoms. The first-order valence-corrected chi connectivity index (χ1v) is 14.8. The molecule has 0 bridgehead atoms. The number of anilines is 1. The Morgan fingerprint density at radius 3 is 2.22 bits per heavy atom. The van der Waals surface area contributed by atoms with Crippen molar-refractivity contribution < 1.29 is 13.5 Å². The van der Waals surface area contributed by atoms with Crippen LogP contribution < -0.4 is 4.90 Å². The minimum Gasteiger partial charge on any atom is -0.376 e. The zero-order valence-electron chi connectivity index (χ0n) is 23.6. The van der Waals surface area contributed by atoms with Crippen LogP contribution in [0.5, 0.6) is 0 Å². The third-order valence-electron chi connectivity index (χ3n) is 8.48. The molecule has 2 aromatic carbocycles. The van der Waals surface area contributed by atoms with E-state index in [1.807, 2.05) is 31.2 Å². The Hall–Kier alpha value is -3.14. The number of benzene rings is 2. The normalized spacial score (nSPS) is 21.8. The van der Waals surface area contributed by atoms with Gasteiger partial charge in [-0.2, -0.15) is 9.97 Å². The second-order valence-electron chi connectivity index (χ2n) is 11.2. The van der Waals surface area contributed by atoms with Crippen LogP contribution in [0.25, 0.3) is 11.2 Å². The van der Waals surface area contributed by atoms with Gasteiger partial charge in [0.15, 0.2) is 17.0 Å². The zero-order chi connectivity index (χ0) is 28.7. The molecular formula is C31H35ClF2N6O.